The minimum absolute atomic E-state index is 0.821. The van der Waals surface area contributed by atoms with Crippen LogP contribution in [0.2, 0.25) is 0 Å². The van der Waals surface area contributed by atoms with E-state index in [4.69, 9.17) is 0 Å². The molecule has 0 bridgehead atoms. The monoisotopic (exact) mass is 280 g/mol. The Morgan fingerprint density at radius 2 is 1.88 bits per heavy atom. The number of rotatable bonds is 2. The van der Waals surface area contributed by atoms with Crippen LogP contribution in [0.1, 0.15) is 23.9 Å². The molecule has 0 amide bonds. The zero-order valence-corrected chi connectivity index (χ0v) is 11.1. The molecule has 4 nitrogen and oxygen atoms in total. The molecule has 16 heavy (non-hydrogen) atoms. The Kier molecular flexibility index (Phi) is 3.05. The molecule has 1 aromatic carbocycles. The molecule has 5 heteroatoms. The molecule has 0 fully saturated rings. The average molecular weight is 281 g/mol. The van der Waals surface area contributed by atoms with Crippen molar-refractivity contribution >= 4 is 15.9 Å². The second-order valence-corrected chi connectivity index (χ2v) is 4.66. The largest absolute Gasteiger partial charge is 0.197 e. The van der Waals surface area contributed by atoms with Crippen molar-refractivity contribution < 1.29 is 0 Å². The van der Waals surface area contributed by atoms with Gasteiger partial charge in [0.2, 0.25) is 0 Å². The normalized spacial score (nSPS) is 10.8. The van der Waals surface area contributed by atoms with E-state index in [1.807, 2.05) is 11.6 Å². The van der Waals surface area contributed by atoms with Gasteiger partial charge in [-0.1, -0.05) is 22.9 Å². The van der Waals surface area contributed by atoms with Crippen LogP contribution < -0.4 is 0 Å². The zero-order chi connectivity index (χ0) is 11.7. The summed E-state index contributed by atoms with van der Waals surface area (Å²) in [4.78, 5) is 0. The fourth-order valence-electron chi connectivity index (χ4n) is 1.84. The van der Waals surface area contributed by atoms with E-state index in [0.29, 0.717) is 0 Å². The fraction of sp³-hybridized carbons (Fsp3) is 0.364. The van der Waals surface area contributed by atoms with Crippen molar-refractivity contribution in [3.63, 3.8) is 0 Å². The molecule has 1 aromatic heterocycles. The van der Waals surface area contributed by atoms with Crippen LogP contribution in [0.25, 0.3) is 5.69 Å². The van der Waals surface area contributed by atoms with Crippen LogP contribution in [0.5, 0.6) is 0 Å². The first-order valence-electron chi connectivity index (χ1n) is 5.18. The first kappa shape index (κ1) is 11.3. The summed E-state index contributed by atoms with van der Waals surface area (Å²) in [5, 5.41) is 11.8. The molecule has 2 rings (SSSR count). The second-order valence-electron chi connectivity index (χ2n) is 3.75. The molecule has 1 heterocycles. The number of aromatic nitrogens is 4. The number of aryl methyl sites for hydroxylation is 3. The molecule has 0 saturated carbocycles. The molecular formula is C11H13BrN4. The molecule has 0 saturated heterocycles. The molecular weight excluding hydrogens is 268 g/mol. The highest BCUT2D eigenvalue weighted by Gasteiger charge is 2.11. The lowest BCUT2D eigenvalue weighted by Gasteiger charge is -2.11. The molecule has 0 aliphatic heterocycles. The Labute approximate surface area is 103 Å². The quantitative estimate of drug-likeness (QED) is 0.849. The van der Waals surface area contributed by atoms with Gasteiger partial charge in [-0.25, -0.2) is 0 Å². The van der Waals surface area contributed by atoms with E-state index in [1.54, 1.807) is 0 Å². The van der Waals surface area contributed by atoms with Gasteiger partial charge >= 0.3 is 0 Å². The van der Waals surface area contributed by atoms with E-state index < -0.39 is 0 Å². The Balaban J connectivity index is 2.64. The maximum absolute atomic E-state index is 4.05. The van der Waals surface area contributed by atoms with Crippen molar-refractivity contribution in [3.8, 4) is 5.69 Å². The molecule has 0 atom stereocenters. The van der Waals surface area contributed by atoms with Crippen LogP contribution in [0.4, 0.5) is 0 Å². The molecule has 0 spiro atoms. The van der Waals surface area contributed by atoms with Gasteiger partial charge in [0.05, 0.1) is 5.69 Å². The lowest BCUT2D eigenvalue weighted by atomic mass is 10.1. The third-order valence-electron chi connectivity index (χ3n) is 2.52. The van der Waals surface area contributed by atoms with Crippen LogP contribution in [0, 0.1) is 13.8 Å². The van der Waals surface area contributed by atoms with Crippen LogP contribution in [0.15, 0.2) is 16.6 Å². The third-order valence-corrected chi connectivity index (χ3v) is 2.98. The third kappa shape index (κ3) is 1.87. The van der Waals surface area contributed by atoms with Gasteiger partial charge in [0, 0.05) is 10.9 Å². The number of nitrogens with zero attached hydrogens (tertiary/aromatic N) is 4. The summed E-state index contributed by atoms with van der Waals surface area (Å²) in [6.07, 6.45) is 0.821. The van der Waals surface area contributed by atoms with Crippen molar-refractivity contribution in [2.24, 2.45) is 0 Å². The Hall–Kier alpha value is -1.23. The Morgan fingerprint density at radius 1 is 1.25 bits per heavy atom. The predicted molar refractivity (Wildman–Crippen MR) is 65.7 cm³/mol. The van der Waals surface area contributed by atoms with Gasteiger partial charge in [-0.3, -0.25) is 0 Å². The number of tetrazole rings is 1. The summed E-state index contributed by atoms with van der Waals surface area (Å²) in [5.74, 6) is 0.883. The van der Waals surface area contributed by atoms with E-state index in [0.717, 1.165) is 33.5 Å². The predicted octanol–water partition coefficient (Wildman–Crippen LogP) is 2.60. The molecule has 0 aliphatic rings. The molecule has 0 aliphatic carbocycles. The Morgan fingerprint density at radius 3 is 2.44 bits per heavy atom. The van der Waals surface area contributed by atoms with Crippen LogP contribution in [0.3, 0.4) is 0 Å². The smallest absolute Gasteiger partial charge is 0.156 e. The minimum atomic E-state index is 0.821. The van der Waals surface area contributed by atoms with Gasteiger partial charge in [0.25, 0.3) is 0 Å². The first-order valence-corrected chi connectivity index (χ1v) is 5.97. The van der Waals surface area contributed by atoms with Crippen LogP contribution >= 0.6 is 15.9 Å². The van der Waals surface area contributed by atoms with Crippen molar-refractivity contribution in [2.75, 3.05) is 0 Å². The maximum atomic E-state index is 4.05. The number of benzene rings is 1. The van der Waals surface area contributed by atoms with Crippen molar-refractivity contribution in [1.82, 2.24) is 20.2 Å². The summed E-state index contributed by atoms with van der Waals surface area (Å²) in [5.41, 5.74) is 3.40. The van der Waals surface area contributed by atoms with Gasteiger partial charge in [0.1, 0.15) is 0 Å². The molecule has 0 unspecified atom stereocenters. The summed E-state index contributed by atoms with van der Waals surface area (Å²) >= 11 is 3.49. The average Bonchev–Trinajstić information content (AvgIpc) is 2.64. The van der Waals surface area contributed by atoms with Gasteiger partial charge < -0.3 is 0 Å². The van der Waals surface area contributed by atoms with E-state index >= 15 is 0 Å². The van der Waals surface area contributed by atoms with Crippen molar-refractivity contribution in [1.29, 1.82) is 0 Å². The van der Waals surface area contributed by atoms with Crippen LogP contribution in [-0.4, -0.2) is 20.2 Å². The van der Waals surface area contributed by atoms with E-state index in [2.05, 4.69) is 57.4 Å². The maximum Gasteiger partial charge on any atom is 0.156 e. The topological polar surface area (TPSA) is 43.6 Å². The number of hydrogen-bond acceptors (Lipinski definition) is 3. The fourth-order valence-corrected chi connectivity index (χ4v) is 2.52. The van der Waals surface area contributed by atoms with Gasteiger partial charge in [0.15, 0.2) is 5.82 Å². The lowest BCUT2D eigenvalue weighted by molar-refractivity contribution is 0.758. The standard InChI is InChI=1S/C11H13BrN4/c1-4-10-13-14-15-16(10)11-7(2)5-9(12)6-8(11)3/h5-6H,4H2,1-3H3. The summed E-state index contributed by atoms with van der Waals surface area (Å²) < 4.78 is 2.90. The molecule has 2 aromatic rings. The van der Waals surface area contributed by atoms with Gasteiger partial charge in [-0.15, -0.1) is 5.10 Å². The van der Waals surface area contributed by atoms with Crippen molar-refractivity contribution in [3.05, 3.63) is 33.6 Å². The van der Waals surface area contributed by atoms with Gasteiger partial charge in [-0.2, -0.15) is 4.68 Å². The van der Waals surface area contributed by atoms with Crippen molar-refractivity contribution in [2.45, 2.75) is 27.2 Å². The van der Waals surface area contributed by atoms with E-state index in [-0.39, 0.29) is 0 Å². The SMILES string of the molecule is CCc1nnnn1-c1c(C)cc(Br)cc1C. The minimum Gasteiger partial charge on any atom is -0.197 e. The number of halogens is 1. The summed E-state index contributed by atoms with van der Waals surface area (Å²) in [6.45, 7) is 6.17. The Bertz CT molecular complexity index is 495. The van der Waals surface area contributed by atoms with E-state index in [9.17, 15) is 0 Å². The molecule has 0 N–H and O–H groups in total. The lowest BCUT2D eigenvalue weighted by Crippen LogP contribution is -2.06. The first-order chi connectivity index (χ1) is 7.63. The summed E-state index contributed by atoms with van der Waals surface area (Å²) in [6, 6.07) is 4.15. The zero-order valence-electron chi connectivity index (χ0n) is 9.53. The molecule has 84 valence electrons. The second kappa shape index (κ2) is 4.33. The van der Waals surface area contributed by atoms with Crippen LogP contribution in [-0.2, 0) is 6.42 Å². The highest BCUT2D eigenvalue weighted by Crippen LogP contribution is 2.23. The summed E-state index contributed by atoms with van der Waals surface area (Å²) in [7, 11) is 0. The number of hydrogen-bond donors (Lipinski definition) is 0. The highest BCUT2D eigenvalue weighted by molar-refractivity contribution is 9.10. The molecule has 0 radical (unpaired) electrons. The van der Waals surface area contributed by atoms with E-state index in [1.165, 1.54) is 0 Å². The highest BCUT2D eigenvalue weighted by atomic mass is 79.9. The van der Waals surface area contributed by atoms with Gasteiger partial charge in [-0.05, 0) is 47.5 Å².